The third-order valence-corrected chi connectivity index (χ3v) is 3.31. The number of alkyl carbamates (subject to hydrolysis) is 1. The van der Waals surface area contributed by atoms with Crippen molar-refractivity contribution in [3.63, 3.8) is 0 Å². The molecule has 0 bridgehead atoms. The van der Waals surface area contributed by atoms with Crippen LogP contribution in [0.4, 0.5) is 4.79 Å². The fraction of sp³-hybridized carbons (Fsp3) is 0.467. The van der Waals surface area contributed by atoms with Crippen LogP contribution in [0, 0.1) is 0 Å². The van der Waals surface area contributed by atoms with Gasteiger partial charge in [-0.05, 0) is 44.9 Å². The van der Waals surface area contributed by atoms with Crippen molar-refractivity contribution in [1.82, 2.24) is 5.32 Å². The molecule has 0 spiro atoms. The van der Waals surface area contributed by atoms with Crippen molar-refractivity contribution in [2.45, 2.75) is 44.9 Å². The fourth-order valence-electron chi connectivity index (χ4n) is 1.77. The van der Waals surface area contributed by atoms with E-state index in [-0.39, 0.29) is 6.42 Å². The third kappa shape index (κ3) is 6.44. The van der Waals surface area contributed by atoms with E-state index in [4.69, 9.17) is 10.5 Å². The van der Waals surface area contributed by atoms with Gasteiger partial charge in [-0.2, -0.15) is 0 Å². The summed E-state index contributed by atoms with van der Waals surface area (Å²) in [5.41, 5.74) is 6.11. The standard InChI is InChI=1S/C15H21BrN2O4/c1-15(2,3)22-14(21)18-12(13(19)20)8-11(17)9-4-6-10(16)7-5-9/h4-7,11-12H,8,17H2,1-3H3,(H,18,21)(H,19,20)/t11-,12-/m1/s1. The number of ether oxygens (including phenoxy) is 1. The highest BCUT2D eigenvalue weighted by Crippen LogP contribution is 2.19. The smallest absolute Gasteiger partial charge is 0.408 e. The van der Waals surface area contributed by atoms with Crippen LogP contribution in [-0.2, 0) is 9.53 Å². The summed E-state index contributed by atoms with van der Waals surface area (Å²) in [5.74, 6) is -1.15. The normalized spacial score (nSPS) is 14.0. The highest BCUT2D eigenvalue weighted by molar-refractivity contribution is 9.10. The van der Waals surface area contributed by atoms with Gasteiger partial charge in [0.05, 0.1) is 0 Å². The van der Waals surface area contributed by atoms with E-state index in [2.05, 4.69) is 21.2 Å². The summed E-state index contributed by atoms with van der Waals surface area (Å²) in [4.78, 5) is 23.0. The maximum Gasteiger partial charge on any atom is 0.408 e. The highest BCUT2D eigenvalue weighted by atomic mass is 79.9. The molecule has 6 nitrogen and oxygen atoms in total. The molecule has 1 aromatic carbocycles. The zero-order valence-electron chi connectivity index (χ0n) is 12.8. The van der Waals surface area contributed by atoms with Crippen molar-refractivity contribution < 1.29 is 19.4 Å². The van der Waals surface area contributed by atoms with Crippen LogP contribution < -0.4 is 11.1 Å². The largest absolute Gasteiger partial charge is 0.480 e. The zero-order valence-corrected chi connectivity index (χ0v) is 14.4. The van der Waals surface area contributed by atoms with E-state index < -0.39 is 29.7 Å². The maximum absolute atomic E-state index is 11.7. The number of carboxylic acid groups (broad SMARTS) is 1. The minimum atomic E-state index is -1.15. The summed E-state index contributed by atoms with van der Waals surface area (Å²) in [6.45, 7) is 5.11. The molecule has 7 heteroatoms. The van der Waals surface area contributed by atoms with Crippen LogP contribution in [0.5, 0.6) is 0 Å². The third-order valence-electron chi connectivity index (χ3n) is 2.78. The molecule has 0 aliphatic heterocycles. The molecule has 0 radical (unpaired) electrons. The topological polar surface area (TPSA) is 102 Å². The Labute approximate surface area is 138 Å². The molecule has 2 atom stereocenters. The molecule has 0 saturated heterocycles. The number of halogens is 1. The number of carbonyl (C=O) groups is 2. The van der Waals surface area contributed by atoms with Crippen molar-refractivity contribution >= 4 is 28.0 Å². The quantitative estimate of drug-likeness (QED) is 0.737. The SMILES string of the molecule is CC(C)(C)OC(=O)N[C@H](C[C@@H](N)c1ccc(Br)cc1)C(=O)O. The second kappa shape index (κ2) is 7.60. The summed E-state index contributed by atoms with van der Waals surface area (Å²) in [6.07, 6.45) is -0.709. The predicted octanol–water partition coefficient (Wildman–Crippen LogP) is 2.82. The summed E-state index contributed by atoms with van der Waals surface area (Å²) < 4.78 is 5.97. The Hall–Kier alpha value is -1.60. The summed E-state index contributed by atoms with van der Waals surface area (Å²) >= 11 is 3.32. The van der Waals surface area contributed by atoms with Crippen LogP contribution in [-0.4, -0.2) is 28.8 Å². The number of hydrogen-bond donors (Lipinski definition) is 3. The number of amides is 1. The summed E-state index contributed by atoms with van der Waals surface area (Å²) in [5, 5.41) is 11.6. The Bertz CT molecular complexity index is 525. The van der Waals surface area contributed by atoms with Gasteiger partial charge in [-0.25, -0.2) is 9.59 Å². The van der Waals surface area contributed by atoms with Crippen LogP contribution in [0.1, 0.15) is 38.8 Å². The number of nitrogens with one attached hydrogen (secondary N) is 1. The number of nitrogens with two attached hydrogens (primary N) is 1. The second-order valence-corrected chi connectivity index (χ2v) is 6.85. The monoisotopic (exact) mass is 372 g/mol. The number of hydrogen-bond acceptors (Lipinski definition) is 4. The van der Waals surface area contributed by atoms with Crippen LogP contribution in [0.15, 0.2) is 28.7 Å². The fourth-order valence-corrected chi connectivity index (χ4v) is 2.04. The van der Waals surface area contributed by atoms with Gasteiger partial charge >= 0.3 is 12.1 Å². The zero-order chi connectivity index (χ0) is 16.9. The number of carbonyl (C=O) groups excluding carboxylic acids is 1. The van der Waals surface area contributed by atoms with E-state index in [9.17, 15) is 14.7 Å². The van der Waals surface area contributed by atoms with E-state index in [1.54, 1.807) is 32.9 Å². The molecular formula is C15H21BrN2O4. The van der Waals surface area contributed by atoms with Crippen LogP contribution in [0.2, 0.25) is 0 Å². The van der Waals surface area contributed by atoms with Crippen LogP contribution in [0.25, 0.3) is 0 Å². The van der Waals surface area contributed by atoms with Gasteiger partial charge in [-0.1, -0.05) is 28.1 Å². The van der Waals surface area contributed by atoms with E-state index in [1.807, 2.05) is 12.1 Å². The Kier molecular flexibility index (Phi) is 6.37. The van der Waals surface area contributed by atoms with Crippen molar-refractivity contribution in [3.05, 3.63) is 34.3 Å². The lowest BCUT2D eigenvalue weighted by atomic mass is 10.0. The van der Waals surface area contributed by atoms with Crippen molar-refractivity contribution in [2.75, 3.05) is 0 Å². The lowest BCUT2D eigenvalue weighted by Gasteiger charge is -2.23. The molecule has 0 aliphatic carbocycles. The molecule has 0 aromatic heterocycles. The number of carboxylic acids is 1. The molecular weight excluding hydrogens is 352 g/mol. The average molecular weight is 373 g/mol. The maximum atomic E-state index is 11.7. The van der Waals surface area contributed by atoms with E-state index in [0.717, 1.165) is 10.0 Å². The first-order valence-electron chi connectivity index (χ1n) is 6.82. The number of aliphatic carboxylic acids is 1. The molecule has 1 amide bonds. The number of rotatable bonds is 5. The molecule has 0 aliphatic rings. The van der Waals surface area contributed by atoms with Gasteiger partial charge in [0.1, 0.15) is 11.6 Å². The van der Waals surface area contributed by atoms with Crippen LogP contribution in [0.3, 0.4) is 0 Å². The van der Waals surface area contributed by atoms with Gasteiger partial charge < -0.3 is 20.9 Å². The minimum absolute atomic E-state index is 0.0657. The predicted molar refractivity (Wildman–Crippen MR) is 86.5 cm³/mol. The first kappa shape index (κ1) is 18.4. The lowest BCUT2D eigenvalue weighted by Crippen LogP contribution is -2.44. The molecule has 122 valence electrons. The molecule has 1 rings (SSSR count). The molecule has 0 unspecified atom stereocenters. The molecule has 0 heterocycles. The Morgan fingerprint density at radius 2 is 1.86 bits per heavy atom. The number of benzene rings is 1. The first-order chi connectivity index (χ1) is 10.1. The van der Waals surface area contributed by atoms with Gasteiger partial charge in [-0.15, -0.1) is 0 Å². The summed E-state index contributed by atoms with van der Waals surface area (Å²) in [6, 6.07) is 5.64. The minimum Gasteiger partial charge on any atom is -0.480 e. The Balaban J connectivity index is 2.70. The highest BCUT2D eigenvalue weighted by Gasteiger charge is 2.26. The van der Waals surface area contributed by atoms with Crippen molar-refractivity contribution in [3.8, 4) is 0 Å². The lowest BCUT2D eigenvalue weighted by molar-refractivity contribution is -0.139. The van der Waals surface area contributed by atoms with Crippen molar-refractivity contribution in [1.29, 1.82) is 0 Å². The molecule has 4 N–H and O–H groups in total. The first-order valence-corrected chi connectivity index (χ1v) is 7.61. The van der Waals surface area contributed by atoms with E-state index in [1.165, 1.54) is 0 Å². The van der Waals surface area contributed by atoms with Gasteiger partial charge in [0.25, 0.3) is 0 Å². The second-order valence-electron chi connectivity index (χ2n) is 5.93. The van der Waals surface area contributed by atoms with E-state index in [0.29, 0.717) is 0 Å². The molecule has 0 saturated carbocycles. The van der Waals surface area contributed by atoms with Crippen molar-refractivity contribution in [2.24, 2.45) is 5.73 Å². The average Bonchev–Trinajstić information content (AvgIpc) is 2.36. The Morgan fingerprint density at radius 1 is 1.32 bits per heavy atom. The van der Waals surface area contributed by atoms with Gasteiger partial charge in [0, 0.05) is 10.5 Å². The molecule has 0 fully saturated rings. The summed E-state index contributed by atoms with van der Waals surface area (Å²) in [7, 11) is 0. The van der Waals surface area contributed by atoms with Gasteiger partial charge in [0.15, 0.2) is 0 Å². The Morgan fingerprint density at radius 3 is 2.32 bits per heavy atom. The van der Waals surface area contributed by atoms with Gasteiger partial charge in [0.2, 0.25) is 0 Å². The molecule has 22 heavy (non-hydrogen) atoms. The van der Waals surface area contributed by atoms with E-state index >= 15 is 0 Å². The van der Waals surface area contributed by atoms with Crippen LogP contribution >= 0.6 is 15.9 Å². The van der Waals surface area contributed by atoms with Gasteiger partial charge in [-0.3, -0.25) is 0 Å². The molecule has 1 aromatic rings.